The van der Waals surface area contributed by atoms with Crippen molar-refractivity contribution in [1.82, 2.24) is 15.3 Å². The van der Waals surface area contributed by atoms with Crippen LogP contribution in [0.2, 0.25) is 0 Å². The number of aryl methyl sites for hydroxylation is 1. The van der Waals surface area contributed by atoms with Gasteiger partial charge in [0.05, 0.1) is 13.2 Å². The fourth-order valence-electron chi connectivity index (χ4n) is 3.91. The van der Waals surface area contributed by atoms with Crippen molar-refractivity contribution in [2.24, 2.45) is 0 Å². The average molecular weight is 494 g/mol. The summed E-state index contributed by atoms with van der Waals surface area (Å²) >= 11 is 0. The van der Waals surface area contributed by atoms with Crippen molar-refractivity contribution in [3.05, 3.63) is 87.1 Å². The minimum atomic E-state index is -0.412. The first-order valence-electron chi connectivity index (χ1n) is 11.7. The fraction of sp³-hybridized carbons (Fsp3) is 0.308. The van der Waals surface area contributed by atoms with Gasteiger partial charge in [-0.25, -0.2) is 9.37 Å². The summed E-state index contributed by atoms with van der Waals surface area (Å²) < 4.78 is 18.4. The molecule has 0 radical (unpaired) electrons. The Morgan fingerprint density at radius 2 is 1.89 bits per heavy atom. The lowest BCUT2D eigenvalue weighted by Gasteiger charge is -2.27. The zero-order chi connectivity index (χ0) is 25.5. The number of carbonyl (C=O) groups excluding carboxylic acids is 2. The molecule has 1 fully saturated rings. The Kier molecular flexibility index (Phi) is 8.06. The van der Waals surface area contributed by atoms with E-state index in [4.69, 9.17) is 4.74 Å². The Hall–Kier alpha value is -4.05. The summed E-state index contributed by atoms with van der Waals surface area (Å²) in [5, 5.41) is 5.60. The van der Waals surface area contributed by atoms with Crippen LogP contribution >= 0.6 is 0 Å². The number of ether oxygens (including phenoxy) is 1. The van der Waals surface area contributed by atoms with Crippen LogP contribution in [0.15, 0.2) is 53.3 Å². The summed E-state index contributed by atoms with van der Waals surface area (Å²) in [4.78, 5) is 46.7. The van der Waals surface area contributed by atoms with E-state index in [0.29, 0.717) is 54.8 Å². The molecule has 0 saturated carbocycles. The van der Waals surface area contributed by atoms with Crippen molar-refractivity contribution in [2.45, 2.75) is 26.3 Å². The van der Waals surface area contributed by atoms with Crippen LogP contribution in [0.1, 0.15) is 33.6 Å². The molecule has 1 saturated heterocycles. The highest BCUT2D eigenvalue weighted by molar-refractivity contribution is 6.04. The van der Waals surface area contributed by atoms with Gasteiger partial charge in [-0.05, 0) is 55.3 Å². The number of nitrogens with one attached hydrogen (secondary N) is 3. The van der Waals surface area contributed by atoms with E-state index in [0.717, 1.165) is 5.56 Å². The number of hydrogen-bond acceptors (Lipinski definition) is 6. The van der Waals surface area contributed by atoms with E-state index in [1.54, 1.807) is 25.1 Å². The molecular weight excluding hydrogens is 465 g/mol. The second-order valence-corrected chi connectivity index (χ2v) is 8.49. The third kappa shape index (κ3) is 6.54. The first-order valence-corrected chi connectivity index (χ1v) is 11.7. The summed E-state index contributed by atoms with van der Waals surface area (Å²) in [5.74, 6) is -0.442. The van der Waals surface area contributed by atoms with Crippen LogP contribution in [0.25, 0.3) is 0 Å². The highest BCUT2D eigenvalue weighted by Crippen LogP contribution is 2.14. The van der Waals surface area contributed by atoms with E-state index in [2.05, 4.69) is 20.6 Å². The van der Waals surface area contributed by atoms with Gasteiger partial charge in [0.2, 0.25) is 11.9 Å². The number of anilines is 2. The molecule has 36 heavy (non-hydrogen) atoms. The maximum Gasteiger partial charge on any atom is 0.255 e. The Balaban J connectivity index is 1.29. The number of morpholine rings is 1. The highest BCUT2D eigenvalue weighted by Gasteiger charge is 2.17. The Bertz CT molecular complexity index is 1290. The van der Waals surface area contributed by atoms with Gasteiger partial charge in [0, 0.05) is 48.6 Å². The van der Waals surface area contributed by atoms with Gasteiger partial charge in [-0.1, -0.05) is 12.1 Å². The molecule has 4 rings (SSSR count). The van der Waals surface area contributed by atoms with Gasteiger partial charge >= 0.3 is 0 Å². The number of aromatic amines is 1. The minimum absolute atomic E-state index is 0.142. The molecular formula is C26H28FN5O4. The van der Waals surface area contributed by atoms with E-state index >= 15 is 0 Å². The van der Waals surface area contributed by atoms with Crippen LogP contribution in [-0.2, 0) is 22.5 Å². The van der Waals surface area contributed by atoms with Gasteiger partial charge in [0.25, 0.3) is 11.5 Å². The number of aromatic nitrogens is 2. The van der Waals surface area contributed by atoms with E-state index in [9.17, 15) is 18.8 Å². The number of nitrogens with zero attached hydrogens (tertiary/aromatic N) is 2. The van der Waals surface area contributed by atoms with E-state index in [1.807, 2.05) is 11.0 Å². The van der Waals surface area contributed by atoms with Gasteiger partial charge in [-0.2, -0.15) is 0 Å². The molecule has 0 aliphatic carbocycles. The third-order valence-electron chi connectivity index (χ3n) is 5.90. The van der Waals surface area contributed by atoms with Gasteiger partial charge in [0.15, 0.2) is 0 Å². The van der Waals surface area contributed by atoms with Crippen molar-refractivity contribution < 1.29 is 18.7 Å². The zero-order valence-corrected chi connectivity index (χ0v) is 20.0. The number of halogens is 1. The summed E-state index contributed by atoms with van der Waals surface area (Å²) in [7, 11) is 0. The molecule has 0 spiro atoms. The van der Waals surface area contributed by atoms with Crippen LogP contribution in [0.5, 0.6) is 0 Å². The molecule has 3 aromatic rings. The first-order chi connectivity index (χ1) is 17.4. The van der Waals surface area contributed by atoms with Crippen molar-refractivity contribution >= 4 is 23.5 Å². The third-order valence-corrected chi connectivity index (χ3v) is 5.90. The summed E-state index contributed by atoms with van der Waals surface area (Å²) in [5.41, 5.74) is 2.56. The average Bonchev–Trinajstić information content (AvgIpc) is 2.88. The molecule has 3 N–H and O–H groups in total. The van der Waals surface area contributed by atoms with Crippen LogP contribution in [-0.4, -0.2) is 48.1 Å². The largest absolute Gasteiger partial charge is 0.378 e. The number of benzene rings is 2. The molecule has 2 amide bonds. The second-order valence-electron chi connectivity index (χ2n) is 8.49. The second kappa shape index (κ2) is 11.6. The van der Waals surface area contributed by atoms with Gasteiger partial charge < -0.3 is 20.3 Å². The number of H-pyrrole nitrogens is 1. The molecule has 9 nitrogen and oxygen atoms in total. The monoisotopic (exact) mass is 493 g/mol. The van der Waals surface area contributed by atoms with Crippen LogP contribution in [0, 0.1) is 12.7 Å². The molecule has 0 atom stereocenters. The maximum atomic E-state index is 13.1. The minimum Gasteiger partial charge on any atom is -0.378 e. The van der Waals surface area contributed by atoms with Gasteiger partial charge in [-0.15, -0.1) is 0 Å². The molecule has 1 aliphatic heterocycles. The lowest BCUT2D eigenvalue weighted by Crippen LogP contribution is -2.38. The fourth-order valence-corrected chi connectivity index (χ4v) is 3.91. The van der Waals surface area contributed by atoms with Crippen LogP contribution < -0.4 is 21.1 Å². The number of amides is 2. The standard InChI is InChI=1S/C26H28FN5O4/c1-17-22(25(35)31-26(29-17)32-11-13-36-14-12-32)9-10-23(33)28-16-18-3-2-4-21(15-18)30-24(34)19-5-7-20(27)8-6-19/h2-8,15H,9-14,16H2,1H3,(H,28,33)(H,30,34)(H,29,31,35). The van der Waals surface area contributed by atoms with Crippen molar-refractivity contribution in [1.29, 1.82) is 0 Å². The normalized spacial score (nSPS) is 13.3. The number of carbonyl (C=O) groups is 2. The molecule has 188 valence electrons. The lowest BCUT2D eigenvalue weighted by atomic mass is 10.1. The molecule has 10 heteroatoms. The van der Waals surface area contributed by atoms with Crippen molar-refractivity contribution in [2.75, 3.05) is 36.5 Å². The first kappa shape index (κ1) is 25.1. The Morgan fingerprint density at radius 1 is 1.14 bits per heavy atom. The van der Waals surface area contributed by atoms with E-state index < -0.39 is 5.82 Å². The molecule has 0 unspecified atom stereocenters. The van der Waals surface area contributed by atoms with Gasteiger partial charge in [0.1, 0.15) is 5.82 Å². The Morgan fingerprint density at radius 3 is 2.61 bits per heavy atom. The predicted octanol–water partition coefficient (Wildman–Crippen LogP) is 2.56. The summed E-state index contributed by atoms with van der Waals surface area (Å²) in [6.07, 6.45) is 0.417. The highest BCUT2D eigenvalue weighted by atomic mass is 19.1. The van der Waals surface area contributed by atoms with Crippen molar-refractivity contribution in [3.8, 4) is 0 Å². The van der Waals surface area contributed by atoms with Crippen LogP contribution in [0.3, 0.4) is 0 Å². The lowest BCUT2D eigenvalue weighted by molar-refractivity contribution is -0.121. The maximum absolute atomic E-state index is 13.1. The molecule has 0 bridgehead atoms. The molecule has 2 heterocycles. The Labute approximate surface area is 207 Å². The van der Waals surface area contributed by atoms with E-state index in [-0.39, 0.29) is 36.8 Å². The number of hydrogen-bond donors (Lipinski definition) is 3. The topological polar surface area (TPSA) is 116 Å². The summed E-state index contributed by atoms with van der Waals surface area (Å²) in [6.45, 7) is 4.56. The van der Waals surface area contributed by atoms with Crippen LogP contribution in [0.4, 0.5) is 16.0 Å². The summed E-state index contributed by atoms with van der Waals surface area (Å²) in [6, 6.07) is 12.4. The molecule has 2 aromatic carbocycles. The molecule has 1 aliphatic rings. The zero-order valence-electron chi connectivity index (χ0n) is 20.0. The quantitative estimate of drug-likeness (QED) is 0.444. The predicted molar refractivity (Wildman–Crippen MR) is 134 cm³/mol. The number of rotatable bonds is 8. The van der Waals surface area contributed by atoms with E-state index in [1.165, 1.54) is 24.3 Å². The van der Waals surface area contributed by atoms with Crippen molar-refractivity contribution in [3.63, 3.8) is 0 Å². The SMILES string of the molecule is Cc1nc(N2CCOCC2)[nH]c(=O)c1CCC(=O)NCc1cccc(NC(=O)c2ccc(F)cc2)c1. The van der Waals surface area contributed by atoms with Gasteiger partial charge in [-0.3, -0.25) is 19.4 Å². The molecule has 1 aromatic heterocycles. The smallest absolute Gasteiger partial charge is 0.255 e.